The van der Waals surface area contributed by atoms with Crippen molar-refractivity contribution in [2.75, 3.05) is 11.1 Å². The van der Waals surface area contributed by atoms with Crippen LogP contribution in [0.4, 0.5) is 11.4 Å². The lowest BCUT2D eigenvalue weighted by atomic mass is 9.87. The van der Waals surface area contributed by atoms with Crippen molar-refractivity contribution in [1.29, 1.82) is 0 Å². The standard InChI is InChI=1S/C20H26N2O2/c1-13-9-10-16(21)12-18(13)22-19(23)14(2)24-17-8-6-7-15(11-17)20(3,4)5/h6-12,14H,21H2,1-5H3,(H,22,23). The number of aryl methyl sites for hydroxylation is 1. The number of anilines is 2. The minimum Gasteiger partial charge on any atom is -0.481 e. The molecule has 1 amide bonds. The van der Waals surface area contributed by atoms with E-state index in [2.05, 4.69) is 32.2 Å². The van der Waals surface area contributed by atoms with Gasteiger partial charge in [-0.05, 0) is 54.7 Å². The van der Waals surface area contributed by atoms with Gasteiger partial charge in [-0.3, -0.25) is 4.79 Å². The van der Waals surface area contributed by atoms with Crippen LogP contribution in [0, 0.1) is 6.92 Å². The lowest BCUT2D eigenvalue weighted by molar-refractivity contribution is -0.122. The Bertz CT molecular complexity index is 733. The van der Waals surface area contributed by atoms with Crippen LogP contribution in [0.3, 0.4) is 0 Å². The molecular formula is C20H26N2O2. The molecule has 4 heteroatoms. The molecule has 0 aromatic heterocycles. The lowest BCUT2D eigenvalue weighted by Crippen LogP contribution is -2.30. The molecule has 0 radical (unpaired) electrons. The van der Waals surface area contributed by atoms with Crippen LogP contribution in [-0.4, -0.2) is 12.0 Å². The molecule has 4 nitrogen and oxygen atoms in total. The third-order valence-corrected chi connectivity index (χ3v) is 3.90. The largest absolute Gasteiger partial charge is 0.481 e. The second-order valence-electron chi connectivity index (χ2n) is 7.10. The van der Waals surface area contributed by atoms with E-state index in [0.717, 1.165) is 5.56 Å². The van der Waals surface area contributed by atoms with Crippen molar-refractivity contribution in [2.24, 2.45) is 0 Å². The number of rotatable bonds is 4. The number of carbonyl (C=O) groups is 1. The number of ether oxygens (including phenoxy) is 1. The first-order chi connectivity index (χ1) is 11.2. The monoisotopic (exact) mass is 326 g/mol. The molecule has 0 heterocycles. The Balaban J connectivity index is 2.08. The molecule has 0 aliphatic heterocycles. The molecule has 0 saturated heterocycles. The quantitative estimate of drug-likeness (QED) is 0.824. The van der Waals surface area contributed by atoms with Crippen LogP contribution in [0.1, 0.15) is 38.8 Å². The Morgan fingerprint density at radius 1 is 1.17 bits per heavy atom. The van der Waals surface area contributed by atoms with E-state index < -0.39 is 6.10 Å². The average Bonchev–Trinajstić information content (AvgIpc) is 2.50. The topological polar surface area (TPSA) is 64.3 Å². The summed E-state index contributed by atoms with van der Waals surface area (Å²) >= 11 is 0. The van der Waals surface area contributed by atoms with Gasteiger partial charge in [0.05, 0.1) is 0 Å². The number of nitrogens with two attached hydrogens (primary N) is 1. The van der Waals surface area contributed by atoms with Gasteiger partial charge in [-0.15, -0.1) is 0 Å². The molecule has 0 fully saturated rings. The number of benzene rings is 2. The number of nitrogens with one attached hydrogen (secondary N) is 1. The maximum Gasteiger partial charge on any atom is 0.265 e. The Kier molecular flexibility index (Phi) is 5.17. The van der Waals surface area contributed by atoms with E-state index in [1.54, 1.807) is 13.0 Å². The highest BCUT2D eigenvalue weighted by Crippen LogP contribution is 2.26. The molecular weight excluding hydrogens is 300 g/mol. The molecule has 2 aromatic rings. The van der Waals surface area contributed by atoms with Gasteiger partial charge in [0.2, 0.25) is 0 Å². The summed E-state index contributed by atoms with van der Waals surface area (Å²) < 4.78 is 5.81. The lowest BCUT2D eigenvalue weighted by Gasteiger charge is -2.21. The molecule has 3 N–H and O–H groups in total. The van der Waals surface area contributed by atoms with Gasteiger partial charge in [0, 0.05) is 11.4 Å². The Morgan fingerprint density at radius 2 is 1.88 bits per heavy atom. The molecule has 0 bridgehead atoms. The third-order valence-electron chi connectivity index (χ3n) is 3.90. The van der Waals surface area contributed by atoms with Crippen LogP contribution in [0.2, 0.25) is 0 Å². The maximum absolute atomic E-state index is 12.4. The van der Waals surface area contributed by atoms with E-state index in [9.17, 15) is 4.79 Å². The van der Waals surface area contributed by atoms with Crippen molar-refractivity contribution in [3.8, 4) is 5.75 Å². The highest BCUT2D eigenvalue weighted by atomic mass is 16.5. The molecule has 2 rings (SSSR count). The second-order valence-corrected chi connectivity index (χ2v) is 7.10. The normalized spacial score (nSPS) is 12.5. The molecule has 0 aliphatic rings. The van der Waals surface area contributed by atoms with Crippen molar-refractivity contribution in [3.63, 3.8) is 0 Å². The van der Waals surface area contributed by atoms with Crippen LogP contribution >= 0.6 is 0 Å². The number of nitrogen functional groups attached to an aromatic ring is 1. The van der Waals surface area contributed by atoms with E-state index in [4.69, 9.17) is 10.5 Å². The highest BCUT2D eigenvalue weighted by Gasteiger charge is 2.18. The number of hydrogen-bond acceptors (Lipinski definition) is 3. The summed E-state index contributed by atoms with van der Waals surface area (Å²) in [6.45, 7) is 10.1. The van der Waals surface area contributed by atoms with Crippen LogP contribution in [-0.2, 0) is 10.2 Å². The van der Waals surface area contributed by atoms with Gasteiger partial charge in [-0.25, -0.2) is 0 Å². The average molecular weight is 326 g/mol. The summed E-state index contributed by atoms with van der Waals surface area (Å²) in [5.41, 5.74) is 9.25. The molecule has 0 spiro atoms. The fourth-order valence-corrected chi connectivity index (χ4v) is 2.30. The van der Waals surface area contributed by atoms with E-state index in [0.29, 0.717) is 17.1 Å². The van der Waals surface area contributed by atoms with Crippen molar-refractivity contribution < 1.29 is 9.53 Å². The van der Waals surface area contributed by atoms with Crippen molar-refractivity contribution in [2.45, 2.75) is 46.1 Å². The predicted octanol–water partition coefficient (Wildman–Crippen LogP) is 4.28. The van der Waals surface area contributed by atoms with Gasteiger partial charge in [0.25, 0.3) is 5.91 Å². The molecule has 128 valence electrons. The van der Waals surface area contributed by atoms with Gasteiger partial charge < -0.3 is 15.8 Å². The van der Waals surface area contributed by atoms with Crippen LogP contribution in [0.5, 0.6) is 5.75 Å². The van der Waals surface area contributed by atoms with Gasteiger partial charge in [-0.1, -0.05) is 39.0 Å². The summed E-state index contributed by atoms with van der Waals surface area (Å²) in [7, 11) is 0. The highest BCUT2D eigenvalue weighted by molar-refractivity contribution is 5.95. The molecule has 24 heavy (non-hydrogen) atoms. The van der Waals surface area contributed by atoms with Gasteiger partial charge in [0.15, 0.2) is 6.10 Å². The maximum atomic E-state index is 12.4. The zero-order valence-corrected chi connectivity index (χ0v) is 15.0. The molecule has 1 atom stereocenters. The van der Waals surface area contributed by atoms with Crippen LogP contribution in [0.15, 0.2) is 42.5 Å². The molecule has 2 aromatic carbocycles. The van der Waals surface area contributed by atoms with E-state index >= 15 is 0 Å². The first-order valence-electron chi connectivity index (χ1n) is 8.11. The Morgan fingerprint density at radius 3 is 2.54 bits per heavy atom. The van der Waals surface area contributed by atoms with Crippen molar-refractivity contribution in [3.05, 3.63) is 53.6 Å². The summed E-state index contributed by atoms with van der Waals surface area (Å²) in [6, 6.07) is 13.3. The van der Waals surface area contributed by atoms with E-state index in [-0.39, 0.29) is 11.3 Å². The van der Waals surface area contributed by atoms with Crippen LogP contribution in [0.25, 0.3) is 0 Å². The number of carbonyl (C=O) groups excluding carboxylic acids is 1. The summed E-state index contributed by atoms with van der Waals surface area (Å²) in [6.07, 6.45) is -0.610. The Labute approximate surface area is 144 Å². The van der Waals surface area contributed by atoms with E-state index in [1.807, 2.05) is 37.3 Å². The summed E-state index contributed by atoms with van der Waals surface area (Å²) in [4.78, 5) is 12.4. The molecule has 1 unspecified atom stereocenters. The fourth-order valence-electron chi connectivity index (χ4n) is 2.30. The van der Waals surface area contributed by atoms with Crippen molar-refractivity contribution in [1.82, 2.24) is 0 Å². The second kappa shape index (κ2) is 6.95. The third kappa shape index (κ3) is 4.51. The van der Waals surface area contributed by atoms with Gasteiger partial charge in [-0.2, -0.15) is 0 Å². The van der Waals surface area contributed by atoms with Crippen LogP contribution < -0.4 is 15.8 Å². The fraction of sp³-hybridized carbons (Fsp3) is 0.350. The zero-order chi connectivity index (χ0) is 17.9. The van der Waals surface area contributed by atoms with Crippen molar-refractivity contribution >= 4 is 17.3 Å². The SMILES string of the molecule is Cc1ccc(N)cc1NC(=O)C(C)Oc1cccc(C(C)(C)C)c1. The van der Waals surface area contributed by atoms with Gasteiger partial charge in [0.1, 0.15) is 5.75 Å². The smallest absolute Gasteiger partial charge is 0.265 e. The first-order valence-corrected chi connectivity index (χ1v) is 8.11. The zero-order valence-electron chi connectivity index (χ0n) is 15.0. The molecule has 0 aliphatic carbocycles. The van der Waals surface area contributed by atoms with Gasteiger partial charge >= 0.3 is 0 Å². The Hall–Kier alpha value is -2.49. The number of amides is 1. The summed E-state index contributed by atoms with van der Waals surface area (Å²) in [5, 5.41) is 2.87. The number of hydrogen-bond donors (Lipinski definition) is 2. The minimum atomic E-state index is -0.610. The first kappa shape index (κ1) is 17.9. The summed E-state index contributed by atoms with van der Waals surface area (Å²) in [5.74, 6) is 0.485. The van der Waals surface area contributed by atoms with E-state index in [1.165, 1.54) is 5.56 Å². The predicted molar refractivity (Wildman–Crippen MR) is 99.5 cm³/mol. The minimum absolute atomic E-state index is 0.0313. The molecule has 0 saturated carbocycles.